The fraction of sp³-hybridized carbons (Fsp3) is 0.688. The zero-order valence-electron chi connectivity index (χ0n) is 14.5. The molecule has 2 N–H and O–H groups in total. The predicted octanol–water partition coefficient (Wildman–Crippen LogP) is 0.874. The van der Waals surface area contributed by atoms with E-state index in [2.05, 4.69) is 5.16 Å². The Labute approximate surface area is 141 Å². The molecule has 0 saturated carbocycles. The van der Waals surface area contributed by atoms with Gasteiger partial charge in [0, 0.05) is 33.9 Å². The number of aryl methyl sites for hydroxylation is 1. The van der Waals surface area contributed by atoms with Gasteiger partial charge in [-0.25, -0.2) is 0 Å². The number of amides is 2. The summed E-state index contributed by atoms with van der Waals surface area (Å²) in [6.45, 7) is 3.38. The molecule has 0 radical (unpaired) electrons. The van der Waals surface area contributed by atoms with Crippen molar-refractivity contribution in [3.05, 3.63) is 17.0 Å². The molecule has 0 bridgehead atoms. The molecule has 24 heavy (non-hydrogen) atoms. The Balaban J connectivity index is 2.08. The molecule has 1 aliphatic rings. The van der Waals surface area contributed by atoms with Crippen LogP contribution < -0.4 is 5.73 Å². The van der Waals surface area contributed by atoms with Gasteiger partial charge in [-0.1, -0.05) is 5.16 Å². The first-order valence-electron chi connectivity index (χ1n) is 7.97. The van der Waals surface area contributed by atoms with Crippen molar-refractivity contribution in [1.29, 1.82) is 0 Å². The first-order chi connectivity index (χ1) is 11.4. The normalized spacial score (nSPS) is 17.0. The van der Waals surface area contributed by atoms with Crippen LogP contribution in [0.3, 0.4) is 0 Å². The summed E-state index contributed by atoms with van der Waals surface area (Å²) in [6, 6.07) is 0. The highest BCUT2D eigenvalue weighted by atomic mass is 16.5. The number of likely N-dealkylation sites (tertiary alicyclic amines) is 1. The number of hydrogen-bond acceptors (Lipinski definition) is 6. The van der Waals surface area contributed by atoms with Gasteiger partial charge in [0.1, 0.15) is 5.76 Å². The lowest BCUT2D eigenvalue weighted by Crippen LogP contribution is -2.49. The molecule has 0 aliphatic carbocycles. The molecule has 1 fully saturated rings. The van der Waals surface area contributed by atoms with Crippen molar-refractivity contribution in [3.63, 3.8) is 0 Å². The lowest BCUT2D eigenvalue weighted by molar-refractivity contribution is -0.131. The third-order valence-electron chi connectivity index (χ3n) is 4.79. The van der Waals surface area contributed by atoms with Crippen LogP contribution >= 0.6 is 0 Å². The number of carbonyl (C=O) groups excluding carboxylic acids is 2. The van der Waals surface area contributed by atoms with Gasteiger partial charge in [0.25, 0.3) is 5.91 Å². The standard InChI is InChI=1S/C16H25N3O5/c1-11-12(10-23-3)13(18-24-11)14(20)19-7-4-16(5-8-19,15(17)21)6-9-22-2/h4-10H2,1-3H3,(H2,17,21). The van der Waals surface area contributed by atoms with Crippen LogP contribution in [0.25, 0.3) is 0 Å². The van der Waals surface area contributed by atoms with Crippen molar-refractivity contribution in [1.82, 2.24) is 10.1 Å². The summed E-state index contributed by atoms with van der Waals surface area (Å²) in [6.07, 6.45) is 1.61. The van der Waals surface area contributed by atoms with Crippen LogP contribution in [0.2, 0.25) is 0 Å². The molecular formula is C16H25N3O5. The zero-order valence-corrected chi connectivity index (χ0v) is 14.5. The number of primary amides is 1. The highest BCUT2D eigenvalue weighted by Gasteiger charge is 2.41. The van der Waals surface area contributed by atoms with Crippen LogP contribution in [0.4, 0.5) is 0 Å². The maximum absolute atomic E-state index is 12.7. The summed E-state index contributed by atoms with van der Waals surface area (Å²) >= 11 is 0. The van der Waals surface area contributed by atoms with Gasteiger partial charge < -0.3 is 24.6 Å². The fourth-order valence-electron chi connectivity index (χ4n) is 3.08. The lowest BCUT2D eigenvalue weighted by Gasteiger charge is -2.39. The minimum absolute atomic E-state index is 0.205. The van der Waals surface area contributed by atoms with Crippen molar-refractivity contribution in [2.45, 2.75) is 32.8 Å². The topological polar surface area (TPSA) is 108 Å². The molecule has 8 heteroatoms. The van der Waals surface area contributed by atoms with E-state index in [9.17, 15) is 9.59 Å². The van der Waals surface area contributed by atoms with Gasteiger partial charge in [-0.05, 0) is 26.2 Å². The second kappa shape index (κ2) is 7.76. The molecule has 0 unspecified atom stereocenters. The van der Waals surface area contributed by atoms with Crippen LogP contribution in [-0.2, 0) is 20.9 Å². The van der Waals surface area contributed by atoms with Crippen molar-refractivity contribution < 1.29 is 23.6 Å². The SMILES string of the molecule is COCCC1(C(N)=O)CCN(C(=O)c2noc(C)c2COC)CC1. The summed E-state index contributed by atoms with van der Waals surface area (Å²) in [4.78, 5) is 26.3. The molecule has 2 heterocycles. The van der Waals surface area contributed by atoms with Crippen molar-refractivity contribution in [2.24, 2.45) is 11.1 Å². The predicted molar refractivity (Wildman–Crippen MR) is 85.2 cm³/mol. The van der Waals surface area contributed by atoms with E-state index in [0.717, 1.165) is 0 Å². The van der Waals surface area contributed by atoms with E-state index in [1.807, 2.05) is 0 Å². The molecule has 0 atom stereocenters. The number of nitrogens with zero attached hydrogens (tertiary/aromatic N) is 2. The number of piperidine rings is 1. The van der Waals surface area contributed by atoms with Gasteiger partial charge in [0.2, 0.25) is 5.91 Å². The summed E-state index contributed by atoms with van der Waals surface area (Å²) in [5, 5.41) is 3.87. The number of rotatable bonds is 7. The molecule has 0 aromatic carbocycles. The van der Waals surface area contributed by atoms with Gasteiger partial charge in [-0.2, -0.15) is 0 Å². The van der Waals surface area contributed by atoms with Crippen LogP contribution in [-0.4, -0.2) is 55.8 Å². The Morgan fingerprint density at radius 1 is 1.29 bits per heavy atom. The Bertz CT molecular complexity index is 591. The number of methoxy groups -OCH3 is 2. The molecule has 8 nitrogen and oxygen atoms in total. The molecule has 1 saturated heterocycles. The molecule has 2 rings (SSSR count). The first-order valence-corrected chi connectivity index (χ1v) is 7.97. The Morgan fingerprint density at radius 2 is 1.96 bits per heavy atom. The third kappa shape index (κ3) is 3.59. The zero-order chi connectivity index (χ0) is 17.7. The van der Waals surface area contributed by atoms with Gasteiger partial charge in [0.05, 0.1) is 17.6 Å². The minimum atomic E-state index is -0.609. The number of hydrogen-bond donors (Lipinski definition) is 1. The quantitative estimate of drug-likeness (QED) is 0.790. The molecule has 0 spiro atoms. The monoisotopic (exact) mass is 339 g/mol. The average molecular weight is 339 g/mol. The van der Waals surface area contributed by atoms with E-state index in [4.69, 9.17) is 19.7 Å². The Hall–Kier alpha value is -1.93. The molecule has 134 valence electrons. The maximum Gasteiger partial charge on any atom is 0.276 e. The first kappa shape index (κ1) is 18.4. The van der Waals surface area contributed by atoms with Crippen LogP contribution in [0.15, 0.2) is 4.52 Å². The minimum Gasteiger partial charge on any atom is -0.385 e. The second-order valence-electron chi connectivity index (χ2n) is 6.18. The summed E-state index contributed by atoms with van der Waals surface area (Å²) in [5.41, 5.74) is 5.93. The van der Waals surface area contributed by atoms with Gasteiger partial charge in [-0.15, -0.1) is 0 Å². The van der Waals surface area contributed by atoms with E-state index in [0.29, 0.717) is 50.3 Å². The Kier molecular flexibility index (Phi) is 5.95. The van der Waals surface area contributed by atoms with E-state index < -0.39 is 5.41 Å². The molecule has 1 aliphatic heterocycles. The summed E-state index contributed by atoms with van der Waals surface area (Å²) in [7, 11) is 3.15. The van der Waals surface area contributed by atoms with E-state index in [1.54, 1.807) is 26.0 Å². The smallest absolute Gasteiger partial charge is 0.276 e. The van der Waals surface area contributed by atoms with Crippen LogP contribution in [0.5, 0.6) is 0 Å². The van der Waals surface area contributed by atoms with Crippen LogP contribution in [0.1, 0.15) is 41.1 Å². The number of ether oxygens (including phenoxy) is 2. The largest absolute Gasteiger partial charge is 0.385 e. The Morgan fingerprint density at radius 3 is 2.50 bits per heavy atom. The van der Waals surface area contributed by atoms with Crippen molar-refractivity contribution >= 4 is 11.8 Å². The van der Waals surface area contributed by atoms with Crippen molar-refractivity contribution in [3.8, 4) is 0 Å². The molecule has 2 amide bonds. The van der Waals surface area contributed by atoms with E-state index >= 15 is 0 Å². The van der Waals surface area contributed by atoms with E-state index in [1.165, 1.54) is 0 Å². The summed E-state index contributed by atoms with van der Waals surface area (Å²) < 4.78 is 15.3. The molecule has 1 aromatic rings. The van der Waals surface area contributed by atoms with Gasteiger partial charge >= 0.3 is 0 Å². The highest BCUT2D eigenvalue weighted by Crippen LogP contribution is 2.35. The van der Waals surface area contributed by atoms with Gasteiger partial charge in [-0.3, -0.25) is 9.59 Å². The number of carbonyl (C=O) groups is 2. The second-order valence-corrected chi connectivity index (χ2v) is 6.18. The third-order valence-corrected chi connectivity index (χ3v) is 4.79. The lowest BCUT2D eigenvalue weighted by atomic mass is 9.75. The average Bonchev–Trinajstić information content (AvgIpc) is 2.94. The van der Waals surface area contributed by atoms with Gasteiger partial charge in [0.15, 0.2) is 5.69 Å². The number of aromatic nitrogens is 1. The van der Waals surface area contributed by atoms with Crippen molar-refractivity contribution in [2.75, 3.05) is 33.9 Å². The fourth-order valence-corrected chi connectivity index (χ4v) is 3.08. The highest BCUT2D eigenvalue weighted by molar-refractivity contribution is 5.94. The van der Waals surface area contributed by atoms with E-state index in [-0.39, 0.29) is 24.1 Å². The maximum atomic E-state index is 12.7. The molecule has 1 aromatic heterocycles. The molecular weight excluding hydrogens is 314 g/mol. The van der Waals surface area contributed by atoms with Crippen LogP contribution in [0, 0.1) is 12.3 Å². The number of nitrogens with two attached hydrogens (primary N) is 1. The summed E-state index contributed by atoms with van der Waals surface area (Å²) in [5.74, 6) is 0.0384.